The lowest BCUT2D eigenvalue weighted by molar-refractivity contribution is -0.126. The first-order valence-electron chi connectivity index (χ1n) is 7.24. The predicted octanol–water partition coefficient (Wildman–Crippen LogP) is 1.25. The number of piperidine rings is 1. The topological polar surface area (TPSA) is 54.7 Å². The van der Waals surface area contributed by atoms with Crippen LogP contribution in [0, 0.1) is 11.3 Å². The van der Waals surface area contributed by atoms with Gasteiger partial charge in [-0.25, -0.2) is 0 Å². The SMILES string of the molecule is COC[C@H]1C(=O)NCC12CCN(Cc1ccoc1)CC2. The molecular formula is C15H22N2O3. The molecule has 5 nitrogen and oxygen atoms in total. The Morgan fingerprint density at radius 3 is 2.95 bits per heavy atom. The number of amides is 1. The number of likely N-dealkylation sites (tertiary alicyclic amines) is 1. The van der Waals surface area contributed by atoms with E-state index in [4.69, 9.17) is 9.15 Å². The number of hydrogen-bond acceptors (Lipinski definition) is 4. The molecule has 1 amide bonds. The largest absolute Gasteiger partial charge is 0.472 e. The third-order valence-electron chi connectivity index (χ3n) is 4.84. The van der Waals surface area contributed by atoms with Crippen molar-refractivity contribution in [3.8, 4) is 0 Å². The fourth-order valence-corrected chi connectivity index (χ4v) is 3.53. The van der Waals surface area contributed by atoms with Gasteiger partial charge in [0.2, 0.25) is 5.91 Å². The number of rotatable bonds is 4. The Balaban J connectivity index is 1.61. The number of carbonyl (C=O) groups is 1. The average molecular weight is 278 g/mol. The summed E-state index contributed by atoms with van der Waals surface area (Å²) in [7, 11) is 1.67. The van der Waals surface area contributed by atoms with Gasteiger partial charge in [-0.1, -0.05) is 0 Å². The van der Waals surface area contributed by atoms with E-state index in [9.17, 15) is 4.79 Å². The molecule has 3 rings (SSSR count). The molecule has 1 aromatic rings. The fourth-order valence-electron chi connectivity index (χ4n) is 3.53. The molecule has 5 heteroatoms. The van der Waals surface area contributed by atoms with E-state index in [1.165, 1.54) is 5.56 Å². The van der Waals surface area contributed by atoms with Crippen LogP contribution in [0.2, 0.25) is 0 Å². The van der Waals surface area contributed by atoms with Gasteiger partial charge in [0.05, 0.1) is 25.1 Å². The standard InChI is InChI=1S/C15H22N2O3/c1-19-10-13-14(18)16-11-15(13)3-5-17(6-4-15)8-12-2-7-20-9-12/h2,7,9,13H,3-6,8,10-11H2,1H3,(H,16,18)/t13-/m0/s1. The Morgan fingerprint density at radius 1 is 1.50 bits per heavy atom. The van der Waals surface area contributed by atoms with Crippen molar-refractivity contribution in [3.63, 3.8) is 0 Å². The summed E-state index contributed by atoms with van der Waals surface area (Å²) in [6, 6.07) is 2.01. The van der Waals surface area contributed by atoms with Crippen molar-refractivity contribution in [1.82, 2.24) is 10.2 Å². The molecule has 1 N–H and O–H groups in total. The number of nitrogens with one attached hydrogen (secondary N) is 1. The van der Waals surface area contributed by atoms with E-state index >= 15 is 0 Å². The third kappa shape index (κ3) is 2.47. The van der Waals surface area contributed by atoms with Gasteiger partial charge in [-0.15, -0.1) is 0 Å². The lowest BCUT2D eigenvalue weighted by Gasteiger charge is -2.41. The van der Waals surface area contributed by atoms with Crippen molar-refractivity contribution in [2.45, 2.75) is 19.4 Å². The second-order valence-corrected chi connectivity index (χ2v) is 6.00. The molecule has 1 spiro atoms. The number of ether oxygens (including phenoxy) is 1. The molecule has 1 atom stereocenters. The Labute approximate surface area is 119 Å². The summed E-state index contributed by atoms with van der Waals surface area (Å²) >= 11 is 0. The van der Waals surface area contributed by atoms with E-state index in [0.717, 1.165) is 39.0 Å². The zero-order valence-corrected chi connectivity index (χ0v) is 11.9. The summed E-state index contributed by atoms with van der Waals surface area (Å²) in [5.74, 6) is 0.179. The minimum absolute atomic E-state index is 0.0172. The van der Waals surface area contributed by atoms with Gasteiger partial charge in [-0.3, -0.25) is 9.69 Å². The second kappa shape index (κ2) is 5.58. The maximum absolute atomic E-state index is 12.0. The van der Waals surface area contributed by atoms with Crippen LogP contribution in [-0.4, -0.2) is 44.2 Å². The smallest absolute Gasteiger partial charge is 0.226 e. The molecule has 0 radical (unpaired) electrons. The molecule has 20 heavy (non-hydrogen) atoms. The van der Waals surface area contributed by atoms with Crippen LogP contribution in [-0.2, 0) is 16.1 Å². The lowest BCUT2D eigenvalue weighted by Crippen LogP contribution is -2.45. The van der Waals surface area contributed by atoms with Crippen molar-refractivity contribution in [1.29, 1.82) is 0 Å². The highest BCUT2D eigenvalue weighted by Crippen LogP contribution is 2.42. The Kier molecular flexibility index (Phi) is 3.81. The molecule has 1 aromatic heterocycles. The summed E-state index contributed by atoms with van der Waals surface area (Å²) in [5.41, 5.74) is 1.31. The Hall–Kier alpha value is -1.33. The normalized spacial score (nSPS) is 26.1. The van der Waals surface area contributed by atoms with Crippen LogP contribution in [0.1, 0.15) is 18.4 Å². The van der Waals surface area contributed by atoms with Gasteiger partial charge in [0.15, 0.2) is 0 Å². The van der Waals surface area contributed by atoms with Crippen molar-refractivity contribution >= 4 is 5.91 Å². The van der Waals surface area contributed by atoms with Gasteiger partial charge in [0.1, 0.15) is 0 Å². The number of nitrogens with zero attached hydrogens (tertiary/aromatic N) is 1. The molecule has 0 aromatic carbocycles. The van der Waals surface area contributed by atoms with E-state index in [2.05, 4.69) is 10.2 Å². The molecule has 2 fully saturated rings. The van der Waals surface area contributed by atoms with Gasteiger partial charge in [-0.05, 0) is 32.0 Å². The maximum atomic E-state index is 12.0. The van der Waals surface area contributed by atoms with E-state index < -0.39 is 0 Å². The molecule has 0 unspecified atom stereocenters. The number of hydrogen-bond donors (Lipinski definition) is 1. The van der Waals surface area contributed by atoms with Crippen LogP contribution >= 0.6 is 0 Å². The monoisotopic (exact) mass is 278 g/mol. The van der Waals surface area contributed by atoms with Crippen LogP contribution in [0.15, 0.2) is 23.0 Å². The first-order valence-corrected chi connectivity index (χ1v) is 7.24. The lowest BCUT2D eigenvalue weighted by atomic mass is 9.71. The molecule has 2 saturated heterocycles. The van der Waals surface area contributed by atoms with Crippen LogP contribution in [0.3, 0.4) is 0 Å². The number of carbonyl (C=O) groups excluding carboxylic acids is 1. The van der Waals surface area contributed by atoms with Gasteiger partial charge >= 0.3 is 0 Å². The van der Waals surface area contributed by atoms with Gasteiger partial charge in [0, 0.05) is 31.2 Å². The van der Waals surface area contributed by atoms with Gasteiger partial charge in [0.25, 0.3) is 0 Å². The van der Waals surface area contributed by atoms with Gasteiger partial charge < -0.3 is 14.5 Å². The van der Waals surface area contributed by atoms with Crippen LogP contribution < -0.4 is 5.32 Å². The summed E-state index contributed by atoms with van der Waals surface area (Å²) < 4.78 is 10.4. The Morgan fingerprint density at radius 2 is 2.30 bits per heavy atom. The summed E-state index contributed by atoms with van der Waals surface area (Å²) in [6.45, 7) is 4.33. The average Bonchev–Trinajstić information content (AvgIpc) is 3.06. The third-order valence-corrected chi connectivity index (χ3v) is 4.84. The molecular weight excluding hydrogens is 256 g/mol. The molecule has 2 aliphatic rings. The maximum Gasteiger partial charge on any atom is 0.226 e. The summed E-state index contributed by atoms with van der Waals surface area (Å²) in [4.78, 5) is 14.4. The summed E-state index contributed by atoms with van der Waals surface area (Å²) in [5, 5.41) is 3.02. The molecule has 0 aliphatic carbocycles. The molecule has 2 aliphatic heterocycles. The highest BCUT2D eigenvalue weighted by molar-refractivity contribution is 5.82. The molecule has 3 heterocycles. The van der Waals surface area contributed by atoms with Gasteiger partial charge in [-0.2, -0.15) is 0 Å². The highest BCUT2D eigenvalue weighted by atomic mass is 16.5. The Bertz CT molecular complexity index is 450. The van der Waals surface area contributed by atoms with Crippen molar-refractivity contribution < 1.29 is 13.9 Å². The number of furan rings is 1. The van der Waals surface area contributed by atoms with E-state index in [1.807, 2.05) is 6.07 Å². The van der Waals surface area contributed by atoms with E-state index in [0.29, 0.717) is 6.61 Å². The zero-order valence-electron chi connectivity index (χ0n) is 11.9. The first-order chi connectivity index (χ1) is 9.73. The minimum Gasteiger partial charge on any atom is -0.472 e. The zero-order chi connectivity index (χ0) is 14.0. The minimum atomic E-state index is 0.0172. The van der Waals surface area contributed by atoms with Crippen molar-refractivity contribution in [2.75, 3.05) is 33.4 Å². The molecule has 110 valence electrons. The molecule has 0 bridgehead atoms. The number of methoxy groups -OCH3 is 1. The van der Waals surface area contributed by atoms with Crippen LogP contribution in [0.5, 0.6) is 0 Å². The summed E-state index contributed by atoms with van der Waals surface area (Å²) in [6.07, 6.45) is 5.63. The quantitative estimate of drug-likeness (QED) is 0.900. The highest BCUT2D eigenvalue weighted by Gasteiger charge is 2.49. The second-order valence-electron chi connectivity index (χ2n) is 6.00. The van der Waals surface area contributed by atoms with E-state index in [-0.39, 0.29) is 17.2 Å². The van der Waals surface area contributed by atoms with Crippen LogP contribution in [0.25, 0.3) is 0 Å². The predicted molar refractivity (Wildman–Crippen MR) is 74.0 cm³/mol. The first kappa shape index (κ1) is 13.6. The van der Waals surface area contributed by atoms with Crippen molar-refractivity contribution in [2.24, 2.45) is 11.3 Å². The van der Waals surface area contributed by atoms with Crippen molar-refractivity contribution in [3.05, 3.63) is 24.2 Å². The molecule has 0 saturated carbocycles. The van der Waals surface area contributed by atoms with Crippen LogP contribution in [0.4, 0.5) is 0 Å². The van der Waals surface area contributed by atoms with E-state index in [1.54, 1.807) is 19.6 Å². The fraction of sp³-hybridized carbons (Fsp3) is 0.667.